The summed E-state index contributed by atoms with van der Waals surface area (Å²) in [6.45, 7) is 2.11. The largest absolute Gasteiger partial charge is 0.304 e. The van der Waals surface area contributed by atoms with E-state index in [9.17, 15) is 0 Å². The first-order valence-corrected chi connectivity index (χ1v) is 4.72. The highest BCUT2D eigenvalue weighted by molar-refractivity contribution is 9.10. The number of hydrogen-bond acceptors (Lipinski definition) is 1. The number of hydrogen-bond donors (Lipinski definition) is 0. The van der Waals surface area contributed by atoms with Gasteiger partial charge in [0.05, 0.1) is 11.7 Å². The molecule has 2 rings (SSSR count). The van der Waals surface area contributed by atoms with Gasteiger partial charge < -0.3 is 4.40 Å². The highest BCUT2D eigenvalue weighted by Crippen LogP contribution is 2.14. The lowest BCUT2D eigenvalue weighted by molar-refractivity contribution is 0.933. The second kappa shape index (κ2) is 2.90. The third-order valence-corrected chi connectivity index (χ3v) is 2.38. The van der Waals surface area contributed by atoms with Crippen LogP contribution in [0.4, 0.5) is 0 Å². The minimum absolute atomic E-state index is 0.968. The van der Waals surface area contributed by atoms with Crippen molar-refractivity contribution in [2.75, 3.05) is 0 Å². The number of nitrogens with zero attached hydrogens (tertiary/aromatic N) is 2. The molecule has 0 spiro atoms. The van der Waals surface area contributed by atoms with Crippen LogP contribution in [0.2, 0.25) is 0 Å². The van der Waals surface area contributed by atoms with Crippen LogP contribution in [-0.4, -0.2) is 9.38 Å². The number of aromatic nitrogens is 2. The minimum atomic E-state index is 0.968. The van der Waals surface area contributed by atoms with Crippen LogP contribution >= 0.6 is 15.9 Å². The molecule has 2 aromatic rings. The van der Waals surface area contributed by atoms with Crippen molar-refractivity contribution in [3.63, 3.8) is 0 Å². The van der Waals surface area contributed by atoms with Crippen molar-refractivity contribution in [1.82, 2.24) is 9.38 Å². The van der Waals surface area contributed by atoms with Gasteiger partial charge in [0.25, 0.3) is 0 Å². The summed E-state index contributed by atoms with van der Waals surface area (Å²) in [5.74, 6) is 1.11. The van der Waals surface area contributed by atoms with Crippen molar-refractivity contribution in [1.29, 1.82) is 0 Å². The van der Waals surface area contributed by atoms with E-state index in [4.69, 9.17) is 0 Å². The molecule has 3 heteroatoms. The van der Waals surface area contributed by atoms with Gasteiger partial charge in [-0.2, -0.15) is 0 Å². The van der Waals surface area contributed by atoms with Crippen molar-refractivity contribution in [3.8, 4) is 0 Å². The van der Waals surface area contributed by atoms with Crippen molar-refractivity contribution in [2.24, 2.45) is 0 Å². The molecule has 62 valence electrons. The fourth-order valence-corrected chi connectivity index (χ4v) is 1.64. The van der Waals surface area contributed by atoms with E-state index in [-0.39, 0.29) is 0 Å². The molecule has 0 saturated heterocycles. The molecule has 0 unspecified atom stereocenters. The molecule has 2 heterocycles. The van der Waals surface area contributed by atoms with E-state index in [1.165, 1.54) is 0 Å². The predicted octanol–water partition coefficient (Wildman–Crippen LogP) is 2.66. The van der Waals surface area contributed by atoms with E-state index < -0.39 is 0 Å². The van der Waals surface area contributed by atoms with Gasteiger partial charge in [-0.05, 0) is 12.1 Å². The van der Waals surface area contributed by atoms with Crippen molar-refractivity contribution < 1.29 is 0 Å². The monoisotopic (exact) mass is 224 g/mol. The Morgan fingerprint density at radius 2 is 2.42 bits per heavy atom. The highest BCUT2D eigenvalue weighted by atomic mass is 79.9. The first-order chi connectivity index (χ1) is 5.81. The Bertz CT molecular complexity index is 406. The van der Waals surface area contributed by atoms with E-state index in [1.807, 2.05) is 18.5 Å². The van der Waals surface area contributed by atoms with Crippen LogP contribution in [0.25, 0.3) is 5.52 Å². The van der Waals surface area contributed by atoms with E-state index in [0.717, 1.165) is 22.2 Å². The first-order valence-electron chi connectivity index (χ1n) is 3.92. The number of halogens is 1. The summed E-state index contributed by atoms with van der Waals surface area (Å²) in [6, 6.07) is 4.08. The average Bonchev–Trinajstić information content (AvgIpc) is 2.46. The zero-order valence-electron chi connectivity index (χ0n) is 6.79. The number of aryl methyl sites for hydroxylation is 1. The summed E-state index contributed by atoms with van der Waals surface area (Å²) in [5, 5.41) is 0. The zero-order valence-corrected chi connectivity index (χ0v) is 8.37. The molecular formula is C9H9BrN2. The predicted molar refractivity (Wildman–Crippen MR) is 52.3 cm³/mol. The Kier molecular flexibility index (Phi) is 1.89. The second-order valence-corrected chi connectivity index (χ2v) is 3.58. The maximum atomic E-state index is 4.30. The number of imidazole rings is 1. The van der Waals surface area contributed by atoms with Gasteiger partial charge in [0, 0.05) is 17.1 Å². The molecule has 0 aliphatic carbocycles. The minimum Gasteiger partial charge on any atom is -0.304 e. The smallest absolute Gasteiger partial charge is 0.112 e. The van der Waals surface area contributed by atoms with Gasteiger partial charge in [0.1, 0.15) is 5.82 Å². The summed E-state index contributed by atoms with van der Waals surface area (Å²) in [6.07, 6.45) is 4.89. The van der Waals surface area contributed by atoms with E-state index in [2.05, 4.69) is 38.3 Å². The molecule has 0 amide bonds. The lowest BCUT2D eigenvalue weighted by Crippen LogP contribution is -1.90. The van der Waals surface area contributed by atoms with Crippen LogP contribution in [0.5, 0.6) is 0 Å². The van der Waals surface area contributed by atoms with Crippen LogP contribution < -0.4 is 0 Å². The lowest BCUT2D eigenvalue weighted by atomic mass is 10.4. The first kappa shape index (κ1) is 7.80. The van der Waals surface area contributed by atoms with Crippen LogP contribution in [0.3, 0.4) is 0 Å². The Hall–Kier alpha value is -0.830. The van der Waals surface area contributed by atoms with Crippen LogP contribution in [0, 0.1) is 0 Å². The van der Waals surface area contributed by atoms with E-state index in [1.54, 1.807) is 0 Å². The molecule has 0 fully saturated rings. The summed E-state index contributed by atoms with van der Waals surface area (Å²) < 4.78 is 3.20. The quantitative estimate of drug-likeness (QED) is 0.729. The molecule has 0 saturated carbocycles. The Balaban J connectivity index is 2.73. The Morgan fingerprint density at radius 1 is 1.58 bits per heavy atom. The van der Waals surface area contributed by atoms with Gasteiger partial charge in [-0.25, -0.2) is 4.98 Å². The highest BCUT2D eigenvalue weighted by Gasteiger charge is 1.99. The Labute approximate surface area is 79.4 Å². The SMILES string of the molecule is CCc1ncc2cc(Br)ccn12. The summed E-state index contributed by atoms with van der Waals surface area (Å²) in [4.78, 5) is 4.30. The zero-order chi connectivity index (χ0) is 8.55. The fraction of sp³-hybridized carbons (Fsp3) is 0.222. The second-order valence-electron chi connectivity index (χ2n) is 2.67. The molecule has 0 bridgehead atoms. The Morgan fingerprint density at radius 3 is 3.17 bits per heavy atom. The van der Waals surface area contributed by atoms with E-state index in [0.29, 0.717) is 0 Å². The van der Waals surface area contributed by atoms with Gasteiger partial charge in [0.15, 0.2) is 0 Å². The number of rotatable bonds is 1. The third-order valence-electron chi connectivity index (χ3n) is 1.89. The third kappa shape index (κ3) is 1.14. The van der Waals surface area contributed by atoms with Crippen LogP contribution in [0.1, 0.15) is 12.7 Å². The molecule has 0 aliphatic rings. The summed E-state index contributed by atoms with van der Waals surface area (Å²) in [7, 11) is 0. The molecule has 2 nitrogen and oxygen atoms in total. The van der Waals surface area contributed by atoms with Crippen molar-refractivity contribution in [2.45, 2.75) is 13.3 Å². The molecule has 12 heavy (non-hydrogen) atoms. The standard InChI is InChI=1S/C9H9BrN2/c1-2-9-11-6-8-5-7(10)3-4-12(8)9/h3-6H,2H2,1H3. The maximum absolute atomic E-state index is 4.30. The van der Waals surface area contributed by atoms with Crippen LogP contribution in [-0.2, 0) is 6.42 Å². The van der Waals surface area contributed by atoms with Crippen molar-refractivity contribution in [3.05, 3.63) is 34.8 Å². The normalized spacial score (nSPS) is 10.8. The van der Waals surface area contributed by atoms with Gasteiger partial charge in [-0.3, -0.25) is 0 Å². The van der Waals surface area contributed by atoms with Crippen molar-refractivity contribution >= 4 is 21.4 Å². The summed E-state index contributed by atoms with van der Waals surface area (Å²) in [5.41, 5.74) is 1.14. The molecule has 0 N–H and O–H groups in total. The van der Waals surface area contributed by atoms with Gasteiger partial charge in [-0.15, -0.1) is 0 Å². The summed E-state index contributed by atoms with van der Waals surface area (Å²) >= 11 is 3.42. The molecule has 0 atom stereocenters. The molecule has 2 aromatic heterocycles. The molecule has 0 aromatic carbocycles. The molecular weight excluding hydrogens is 216 g/mol. The molecule has 0 radical (unpaired) electrons. The van der Waals surface area contributed by atoms with Gasteiger partial charge in [0.2, 0.25) is 0 Å². The number of pyridine rings is 1. The van der Waals surface area contributed by atoms with Crippen LogP contribution in [0.15, 0.2) is 29.0 Å². The topological polar surface area (TPSA) is 17.3 Å². The fourth-order valence-electron chi connectivity index (χ4n) is 1.29. The lowest BCUT2D eigenvalue weighted by Gasteiger charge is -1.97. The van der Waals surface area contributed by atoms with Gasteiger partial charge in [-0.1, -0.05) is 22.9 Å². The number of fused-ring (bicyclic) bond motifs is 1. The van der Waals surface area contributed by atoms with Gasteiger partial charge >= 0.3 is 0 Å². The molecule has 0 aliphatic heterocycles. The average molecular weight is 225 g/mol. The van der Waals surface area contributed by atoms with E-state index >= 15 is 0 Å². The maximum Gasteiger partial charge on any atom is 0.112 e.